The van der Waals surface area contributed by atoms with Gasteiger partial charge in [-0.3, -0.25) is 14.4 Å². The number of amides is 5. The van der Waals surface area contributed by atoms with Crippen LogP contribution in [-0.4, -0.2) is 108 Å². The van der Waals surface area contributed by atoms with E-state index >= 15 is 0 Å². The van der Waals surface area contributed by atoms with Gasteiger partial charge in [-0.2, -0.15) is 0 Å². The monoisotopic (exact) mass is 757 g/mol. The van der Waals surface area contributed by atoms with Gasteiger partial charge in [-0.25, -0.2) is 14.6 Å². The van der Waals surface area contributed by atoms with Crippen molar-refractivity contribution in [1.82, 2.24) is 41.0 Å². The standard InChI is InChI=1S/C39H51N9O7/c1-22(30-9-7-19-47(30)36(50)23(2)43-38(52)54-5)42-29(21-40)27-15-11-25(12-16-27)26-13-17-28(18-14-26)32-33(35(49)41-4)46-34(45-32)31-10-8-20-48(31)37(51)24(3)44-39(53)55-6/h11-18,21-24,30-31,42H,7-10,19-20,40H2,1-6H3,(H,41,49)(H,43,52)(H,44,53)(H,45,46)/b29-21-/t22?,23-,24+,30+,31+/m1/s1. The first-order valence-electron chi connectivity index (χ1n) is 18.4. The second-order valence-corrected chi connectivity index (χ2v) is 13.7. The normalized spacial score (nSPS) is 18.5. The van der Waals surface area contributed by atoms with Crippen LogP contribution in [-0.2, 0) is 19.1 Å². The maximum Gasteiger partial charge on any atom is 0.407 e. The van der Waals surface area contributed by atoms with E-state index in [1.165, 1.54) is 20.4 Å². The lowest BCUT2D eigenvalue weighted by Crippen LogP contribution is -2.53. The first-order valence-corrected chi connectivity index (χ1v) is 18.4. The molecule has 294 valence electrons. The van der Waals surface area contributed by atoms with Crippen LogP contribution in [0.1, 0.15) is 74.4 Å². The van der Waals surface area contributed by atoms with Crippen molar-refractivity contribution in [3.05, 3.63) is 71.8 Å². The lowest BCUT2D eigenvalue weighted by Gasteiger charge is -2.33. The van der Waals surface area contributed by atoms with Crippen LogP contribution in [0.4, 0.5) is 9.59 Å². The second-order valence-electron chi connectivity index (χ2n) is 13.7. The number of carbonyl (C=O) groups is 5. The number of imidazole rings is 1. The number of ether oxygens (including phenoxy) is 2. The summed E-state index contributed by atoms with van der Waals surface area (Å²) in [6.45, 7) is 6.36. The highest BCUT2D eigenvalue weighted by Crippen LogP contribution is 2.34. The molecule has 0 bridgehead atoms. The Morgan fingerprint density at radius 3 is 1.89 bits per heavy atom. The molecule has 5 atom stereocenters. The molecule has 16 heteroatoms. The zero-order valence-corrected chi connectivity index (χ0v) is 32.1. The zero-order valence-electron chi connectivity index (χ0n) is 32.1. The van der Waals surface area contributed by atoms with Gasteiger partial charge in [0.25, 0.3) is 5.91 Å². The van der Waals surface area contributed by atoms with E-state index in [1.54, 1.807) is 30.7 Å². The van der Waals surface area contributed by atoms with Crippen LogP contribution in [0.25, 0.3) is 28.1 Å². The summed E-state index contributed by atoms with van der Waals surface area (Å²) in [5.41, 5.74) is 11.1. The topological polar surface area (TPSA) is 213 Å². The van der Waals surface area contributed by atoms with Gasteiger partial charge >= 0.3 is 12.2 Å². The van der Waals surface area contributed by atoms with Gasteiger partial charge in [0, 0.05) is 37.9 Å². The Bertz CT molecular complexity index is 1890. The molecular formula is C39H51N9O7. The molecular weight excluding hydrogens is 706 g/mol. The molecule has 2 aliphatic heterocycles. The van der Waals surface area contributed by atoms with Crippen molar-refractivity contribution in [2.75, 3.05) is 34.4 Å². The second kappa shape index (κ2) is 17.8. The Morgan fingerprint density at radius 1 is 0.800 bits per heavy atom. The highest BCUT2D eigenvalue weighted by molar-refractivity contribution is 5.98. The molecule has 2 saturated heterocycles. The molecule has 16 nitrogen and oxygen atoms in total. The third-order valence-corrected chi connectivity index (χ3v) is 10.2. The smallest absolute Gasteiger partial charge is 0.407 e. The van der Waals surface area contributed by atoms with Gasteiger partial charge in [-0.15, -0.1) is 0 Å². The van der Waals surface area contributed by atoms with Crippen LogP contribution in [0, 0.1) is 0 Å². The number of methoxy groups -OCH3 is 2. The molecule has 5 rings (SSSR count). The molecule has 2 aliphatic rings. The molecule has 0 saturated carbocycles. The van der Waals surface area contributed by atoms with Gasteiger partial charge in [0.1, 0.15) is 17.9 Å². The molecule has 2 fully saturated rings. The Kier molecular flexibility index (Phi) is 13.0. The predicted molar refractivity (Wildman–Crippen MR) is 206 cm³/mol. The van der Waals surface area contributed by atoms with Crippen molar-refractivity contribution in [3.63, 3.8) is 0 Å². The van der Waals surface area contributed by atoms with Crippen molar-refractivity contribution >= 4 is 35.6 Å². The highest BCUT2D eigenvalue weighted by atomic mass is 16.5. The van der Waals surface area contributed by atoms with Crippen molar-refractivity contribution in [2.45, 2.75) is 76.7 Å². The number of aromatic nitrogens is 2. The SMILES string of the molecule is CNC(=O)c1nc([C@@H]2CCCN2C(=O)[C@H](C)NC(=O)OC)[nH]c1-c1ccc(-c2ccc(/C(=C/N)NC(C)[C@@H]3CCCN3C(=O)[C@@H](C)NC(=O)OC)cc2)cc1. The molecule has 55 heavy (non-hydrogen) atoms. The molecule has 3 heterocycles. The average molecular weight is 758 g/mol. The molecule has 0 radical (unpaired) electrons. The van der Waals surface area contributed by atoms with Crippen LogP contribution in [0.2, 0.25) is 0 Å². The lowest BCUT2D eigenvalue weighted by molar-refractivity contribution is -0.134. The van der Waals surface area contributed by atoms with Crippen LogP contribution in [0.5, 0.6) is 0 Å². The lowest BCUT2D eigenvalue weighted by atomic mass is 10.00. The highest BCUT2D eigenvalue weighted by Gasteiger charge is 2.37. The number of aromatic amines is 1. The summed E-state index contributed by atoms with van der Waals surface area (Å²) in [6.07, 6.45) is 3.24. The maximum absolute atomic E-state index is 13.3. The van der Waals surface area contributed by atoms with Gasteiger partial charge in [0.05, 0.1) is 37.7 Å². The van der Waals surface area contributed by atoms with Crippen molar-refractivity contribution in [3.8, 4) is 22.4 Å². The fraction of sp³-hybridized carbons (Fsp3) is 0.436. The first-order chi connectivity index (χ1) is 26.4. The van der Waals surface area contributed by atoms with Gasteiger partial charge < -0.3 is 51.3 Å². The van der Waals surface area contributed by atoms with E-state index in [2.05, 4.69) is 40.7 Å². The minimum absolute atomic E-state index is 0.0874. The number of nitrogens with zero attached hydrogens (tertiary/aromatic N) is 3. The maximum atomic E-state index is 13.3. The molecule has 0 spiro atoms. The van der Waals surface area contributed by atoms with Crippen molar-refractivity contribution in [2.24, 2.45) is 5.73 Å². The fourth-order valence-electron chi connectivity index (χ4n) is 7.27. The van der Waals surface area contributed by atoms with E-state index in [4.69, 9.17) is 5.73 Å². The molecule has 5 amide bonds. The Balaban J connectivity index is 1.28. The number of hydrogen-bond donors (Lipinski definition) is 6. The quantitative estimate of drug-likeness (QED) is 0.158. The van der Waals surface area contributed by atoms with Crippen LogP contribution < -0.4 is 27.0 Å². The largest absolute Gasteiger partial charge is 0.453 e. The molecule has 1 unspecified atom stereocenters. The number of rotatable bonds is 12. The van der Waals surface area contributed by atoms with Gasteiger partial charge in [-0.05, 0) is 63.1 Å². The Labute approximate surface area is 320 Å². The van der Waals surface area contributed by atoms with Crippen LogP contribution >= 0.6 is 0 Å². The van der Waals surface area contributed by atoms with Crippen LogP contribution in [0.15, 0.2) is 54.7 Å². The van der Waals surface area contributed by atoms with E-state index < -0.39 is 30.3 Å². The van der Waals surface area contributed by atoms with Crippen molar-refractivity contribution < 1.29 is 33.4 Å². The summed E-state index contributed by atoms with van der Waals surface area (Å²) < 4.78 is 9.30. The molecule has 1 aromatic heterocycles. The fourth-order valence-corrected chi connectivity index (χ4v) is 7.27. The van der Waals surface area contributed by atoms with Gasteiger partial charge in [0.15, 0.2) is 5.69 Å². The summed E-state index contributed by atoms with van der Waals surface area (Å²) in [5, 5.41) is 11.2. The molecule has 7 N–H and O–H groups in total. The average Bonchev–Trinajstić information content (AvgIpc) is 3.99. The van der Waals surface area contributed by atoms with E-state index in [0.717, 1.165) is 47.2 Å². The number of carbonyl (C=O) groups excluding carboxylic acids is 5. The van der Waals surface area contributed by atoms with E-state index in [-0.39, 0.29) is 35.5 Å². The minimum atomic E-state index is -0.798. The molecule has 0 aliphatic carbocycles. The number of nitrogens with one attached hydrogen (secondary N) is 5. The number of likely N-dealkylation sites (tertiary alicyclic amines) is 2. The van der Waals surface area contributed by atoms with Gasteiger partial charge in [0.2, 0.25) is 11.8 Å². The van der Waals surface area contributed by atoms with E-state index in [9.17, 15) is 24.0 Å². The third-order valence-electron chi connectivity index (χ3n) is 10.2. The van der Waals surface area contributed by atoms with Crippen molar-refractivity contribution in [1.29, 1.82) is 0 Å². The summed E-state index contributed by atoms with van der Waals surface area (Å²) >= 11 is 0. The molecule has 2 aromatic carbocycles. The number of H-pyrrole nitrogens is 1. The number of alkyl carbamates (subject to hydrolysis) is 2. The first kappa shape index (κ1) is 40.1. The van der Waals surface area contributed by atoms with E-state index in [0.29, 0.717) is 31.0 Å². The Morgan fingerprint density at radius 2 is 1.33 bits per heavy atom. The summed E-state index contributed by atoms with van der Waals surface area (Å²) in [6, 6.07) is 13.6. The molecule has 3 aromatic rings. The number of hydrogen-bond acceptors (Lipinski definition) is 10. The number of nitrogens with two attached hydrogens (primary N) is 1. The third kappa shape index (κ3) is 9.01. The zero-order chi connectivity index (χ0) is 39.8. The number of benzene rings is 2. The Hall–Kier alpha value is -6.06. The summed E-state index contributed by atoms with van der Waals surface area (Å²) in [5.74, 6) is -0.303. The summed E-state index contributed by atoms with van der Waals surface area (Å²) in [4.78, 5) is 74.3. The van der Waals surface area contributed by atoms with Crippen LogP contribution in [0.3, 0.4) is 0 Å². The van der Waals surface area contributed by atoms with E-state index in [1.807, 2.05) is 55.5 Å². The summed E-state index contributed by atoms with van der Waals surface area (Å²) in [7, 11) is 4.04. The van der Waals surface area contributed by atoms with Gasteiger partial charge in [-0.1, -0.05) is 48.5 Å². The minimum Gasteiger partial charge on any atom is -0.453 e. The predicted octanol–water partition coefficient (Wildman–Crippen LogP) is 3.48.